The van der Waals surface area contributed by atoms with E-state index in [-0.39, 0.29) is 0 Å². The van der Waals surface area contributed by atoms with Crippen LogP contribution in [0.3, 0.4) is 0 Å². The van der Waals surface area contributed by atoms with E-state index in [1.807, 2.05) is 0 Å². The van der Waals surface area contributed by atoms with E-state index >= 15 is 0 Å². The maximum absolute atomic E-state index is 12.9. The molecule has 0 aromatic heterocycles. The molecule has 0 aromatic carbocycles. The second kappa shape index (κ2) is 6.10. The van der Waals surface area contributed by atoms with Crippen molar-refractivity contribution in [1.29, 1.82) is 0 Å². The Morgan fingerprint density at radius 2 is 0.840 bits per heavy atom. The molecule has 0 radical (unpaired) electrons. The van der Waals surface area contributed by atoms with Crippen molar-refractivity contribution in [2.24, 2.45) is 0 Å². The van der Waals surface area contributed by atoms with Crippen molar-refractivity contribution < 1.29 is 70.2 Å². The van der Waals surface area contributed by atoms with Crippen LogP contribution in [0.1, 0.15) is 0 Å². The quantitative estimate of drug-likeness (QED) is 0.479. The van der Waals surface area contributed by atoms with Gasteiger partial charge in [0.05, 0.1) is 0 Å². The molecule has 0 aliphatic heterocycles. The van der Waals surface area contributed by atoms with Gasteiger partial charge in [0.1, 0.15) is 0 Å². The van der Waals surface area contributed by atoms with Crippen LogP contribution < -0.4 is 0 Å². The lowest BCUT2D eigenvalue weighted by atomic mass is 9.97. The molecule has 0 aromatic rings. The van der Waals surface area contributed by atoms with Crippen molar-refractivity contribution in [2.45, 2.75) is 35.8 Å². The molecule has 0 amide bonds. The second-order valence-electron chi connectivity index (χ2n) is 4.26. The molecule has 150 valence electrons. The van der Waals surface area contributed by atoms with Gasteiger partial charge in [0, 0.05) is 0 Å². The van der Waals surface area contributed by atoms with Gasteiger partial charge in [-0.15, -0.1) is 0 Å². The molecule has 0 spiro atoms. The molecule has 16 heteroatoms. The van der Waals surface area contributed by atoms with Gasteiger partial charge in [0.2, 0.25) is 11.7 Å². The van der Waals surface area contributed by atoms with Crippen LogP contribution in [0.25, 0.3) is 0 Å². The van der Waals surface area contributed by atoms with Crippen LogP contribution >= 0.6 is 0 Å². The Morgan fingerprint density at radius 3 is 1.12 bits per heavy atom. The van der Waals surface area contributed by atoms with Gasteiger partial charge < -0.3 is 0 Å². The van der Waals surface area contributed by atoms with E-state index in [0.717, 1.165) is 0 Å². The van der Waals surface area contributed by atoms with E-state index in [9.17, 15) is 70.2 Å². The van der Waals surface area contributed by atoms with E-state index in [1.165, 1.54) is 0 Å². The van der Waals surface area contributed by atoms with Gasteiger partial charge in [-0.3, -0.25) is 0 Å². The minimum Gasteiger partial charge on any atom is -0.244 e. The Kier molecular flexibility index (Phi) is 5.77. The van der Waals surface area contributed by atoms with Crippen LogP contribution in [0.15, 0.2) is 11.7 Å². The first-order valence-corrected chi connectivity index (χ1v) is 5.21. The highest BCUT2D eigenvalue weighted by atomic mass is 19.4. The van der Waals surface area contributed by atoms with E-state index in [4.69, 9.17) is 0 Å². The first kappa shape index (κ1) is 23.6. The summed E-state index contributed by atoms with van der Waals surface area (Å²) in [5.74, 6) is -46.8. The predicted octanol–water partition coefficient (Wildman–Crippen LogP) is 5.85. The van der Waals surface area contributed by atoms with E-state index < -0.39 is 54.1 Å². The Labute approximate surface area is 126 Å². The fourth-order valence-corrected chi connectivity index (χ4v) is 1.05. The van der Waals surface area contributed by atoms with E-state index in [2.05, 4.69) is 0 Å². The Hall–Kier alpha value is -1.38. The van der Waals surface area contributed by atoms with Gasteiger partial charge in [-0.2, -0.15) is 57.1 Å². The zero-order valence-electron chi connectivity index (χ0n) is 10.8. The van der Waals surface area contributed by atoms with Crippen molar-refractivity contribution in [2.75, 3.05) is 6.67 Å². The monoisotopic (exact) mass is 414 g/mol. The topological polar surface area (TPSA) is 0 Å². The highest BCUT2D eigenvalue weighted by Crippen LogP contribution is 2.57. The summed E-state index contributed by atoms with van der Waals surface area (Å²) in [6.07, 6.45) is -7.18. The zero-order valence-corrected chi connectivity index (χ0v) is 10.8. The van der Waals surface area contributed by atoms with Crippen LogP contribution in [-0.2, 0) is 0 Å². The van der Waals surface area contributed by atoms with Gasteiger partial charge in [-0.1, -0.05) is 0 Å². The number of allylic oxidation sites excluding steroid dienone is 2. The molecule has 0 aliphatic carbocycles. The zero-order chi connectivity index (χ0) is 20.9. The van der Waals surface area contributed by atoms with Crippen LogP contribution in [-0.4, -0.2) is 42.5 Å². The summed E-state index contributed by atoms with van der Waals surface area (Å²) in [5.41, 5.74) is 0. The lowest BCUT2D eigenvalue weighted by molar-refractivity contribution is -0.362. The molecular weight excluding hydrogens is 412 g/mol. The number of halogens is 16. The van der Waals surface area contributed by atoms with Crippen LogP contribution in [0, 0.1) is 0 Å². The average Bonchev–Trinajstić information content (AvgIpc) is 2.43. The number of rotatable bonds is 6. The normalized spacial score (nSPS) is 16.8. The molecule has 0 saturated heterocycles. The first-order chi connectivity index (χ1) is 10.6. The number of alkyl halides is 14. The number of hydrogen-bond donors (Lipinski definition) is 0. The second-order valence-corrected chi connectivity index (χ2v) is 4.26. The SMILES string of the molecule is FCC(F)(F)C(F)(F)C(F)(F)C(F)(F)C(F)=C(F)C(F)(F)C(F)(F)F. The molecular formula is C9H2F16. The summed E-state index contributed by atoms with van der Waals surface area (Å²) in [7, 11) is 0. The minimum absolute atomic E-state index is 3.74. The third-order valence-corrected chi connectivity index (χ3v) is 2.52. The lowest BCUT2D eigenvalue weighted by Crippen LogP contribution is -2.63. The highest BCUT2D eigenvalue weighted by molar-refractivity contribution is 5.23. The molecule has 0 rings (SSSR count). The van der Waals surface area contributed by atoms with Crippen molar-refractivity contribution >= 4 is 0 Å². The van der Waals surface area contributed by atoms with Crippen molar-refractivity contribution in [3.63, 3.8) is 0 Å². The molecule has 25 heavy (non-hydrogen) atoms. The predicted molar refractivity (Wildman–Crippen MR) is 46.0 cm³/mol. The molecule has 0 N–H and O–H groups in total. The summed E-state index contributed by atoms with van der Waals surface area (Å²) in [6.45, 7) is -3.74. The average molecular weight is 414 g/mol. The molecule has 0 fully saturated rings. The summed E-state index contributed by atoms with van der Waals surface area (Å²) < 4.78 is 198. The summed E-state index contributed by atoms with van der Waals surface area (Å²) >= 11 is 0. The van der Waals surface area contributed by atoms with Gasteiger partial charge in [-0.05, 0) is 0 Å². The van der Waals surface area contributed by atoms with Crippen molar-refractivity contribution in [1.82, 2.24) is 0 Å². The van der Waals surface area contributed by atoms with Gasteiger partial charge in [0.25, 0.3) is 0 Å². The standard InChI is InChI=1S/C9H2F16/c10-1-4(13,14)7(19,20)8(21,22)5(15,16)2(11)3(12)6(17,18)9(23,24)25/h1H2. The molecule has 0 bridgehead atoms. The third kappa shape index (κ3) is 3.35. The fraction of sp³-hybridized carbons (Fsp3) is 0.778. The van der Waals surface area contributed by atoms with Gasteiger partial charge >= 0.3 is 35.8 Å². The van der Waals surface area contributed by atoms with Crippen LogP contribution in [0.2, 0.25) is 0 Å². The minimum atomic E-state index is -7.81. The Balaban J connectivity index is 6.44. The van der Waals surface area contributed by atoms with Gasteiger partial charge in [-0.25, -0.2) is 13.2 Å². The van der Waals surface area contributed by atoms with Crippen molar-refractivity contribution in [3.8, 4) is 0 Å². The summed E-state index contributed by atoms with van der Waals surface area (Å²) in [6, 6.07) is 0. The van der Waals surface area contributed by atoms with E-state index in [0.29, 0.717) is 0 Å². The third-order valence-electron chi connectivity index (χ3n) is 2.52. The lowest BCUT2D eigenvalue weighted by Gasteiger charge is -2.35. The Bertz CT molecular complexity index is 522. The van der Waals surface area contributed by atoms with E-state index in [1.54, 1.807) is 0 Å². The maximum Gasteiger partial charge on any atom is 0.460 e. The molecule has 0 aliphatic rings. The molecule has 0 unspecified atom stereocenters. The fourth-order valence-electron chi connectivity index (χ4n) is 1.05. The highest BCUT2D eigenvalue weighted by Gasteiger charge is 2.82. The molecule has 0 atom stereocenters. The molecule has 0 heterocycles. The summed E-state index contributed by atoms with van der Waals surface area (Å²) in [4.78, 5) is 0. The van der Waals surface area contributed by atoms with Crippen molar-refractivity contribution in [3.05, 3.63) is 11.7 Å². The van der Waals surface area contributed by atoms with Crippen LogP contribution in [0.5, 0.6) is 0 Å². The smallest absolute Gasteiger partial charge is 0.244 e. The largest absolute Gasteiger partial charge is 0.460 e. The first-order valence-electron chi connectivity index (χ1n) is 5.21. The molecule has 0 saturated carbocycles. The van der Waals surface area contributed by atoms with Crippen LogP contribution in [0.4, 0.5) is 70.2 Å². The number of hydrogen-bond acceptors (Lipinski definition) is 0. The summed E-state index contributed by atoms with van der Waals surface area (Å²) in [5, 5.41) is 0. The Morgan fingerprint density at radius 1 is 0.520 bits per heavy atom. The van der Waals surface area contributed by atoms with Gasteiger partial charge in [0.15, 0.2) is 6.67 Å². The molecule has 0 nitrogen and oxygen atoms in total. The maximum atomic E-state index is 12.9.